The number of benzene rings is 2. The molecule has 38 heavy (non-hydrogen) atoms. The highest BCUT2D eigenvalue weighted by molar-refractivity contribution is 5.91. The molecule has 0 saturated carbocycles. The molecule has 1 aliphatic rings. The lowest BCUT2D eigenvalue weighted by atomic mass is 10.0. The normalized spacial score (nSPS) is 15.0. The second-order valence-electron chi connectivity index (χ2n) is 9.56. The van der Waals surface area contributed by atoms with E-state index in [1.165, 1.54) is 12.1 Å². The second-order valence-corrected chi connectivity index (χ2v) is 9.56. The van der Waals surface area contributed by atoms with E-state index in [0.717, 1.165) is 35.5 Å². The number of nitrogens with zero attached hydrogens (tertiary/aromatic N) is 1. The molecule has 7 N–H and O–H groups in total. The highest BCUT2D eigenvalue weighted by Crippen LogP contribution is 2.27. The van der Waals surface area contributed by atoms with Crippen molar-refractivity contribution in [1.29, 1.82) is 0 Å². The first-order chi connectivity index (χ1) is 18.2. The molecule has 0 aliphatic carbocycles. The number of amides is 3. The van der Waals surface area contributed by atoms with Crippen LogP contribution >= 0.6 is 0 Å². The fraction of sp³-hybridized carbons (Fsp3) is 0.444. The van der Waals surface area contributed by atoms with Crippen molar-refractivity contribution in [2.75, 3.05) is 36.8 Å². The minimum absolute atomic E-state index is 0.0608. The molecule has 0 aromatic heterocycles. The van der Waals surface area contributed by atoms with Crippen LogP contribution in [-0.4, -0.2) is 65.8 Å². The second kappa shape index (κ2) is 13.8. The number of hydrogen-bond donors (Lipinski definition) is 6. The number of nitrogens with two attached hydrogens (primary N) is 1. The van der Waals surface area contributed by atoms with Crippen molar-refractivity contribution in [3.8, 4) is 5.75 Å². The lowest BCUT2D eigenvalue weighted by Gasteiger charge is -2.31. The fourth-order valence-electron chi connectivity index (χ4n) is 4.49. The lowest BCUT2D eigenvalue weighted by Crippen LogP contribution is -2.39. The summed E-state index contributed by atoms with van der Waals surface area (Å²) in [5.41, 5.74) is 9.63. The number of hydrogen-bond acceptors (Lipinski definition) is 8. The van der Waals surface area contributed by atoms with Gasteiger partial charge in [-0.2, -0.15) is 0 Å². The van der Waals surface area contributed by atoms with Crippen molar-refractivity contribution < 1.29 is 29.3 Å². The van der Waals surface area contributed by atoms with Gasteiger partial charge in [-0.1, -0.05) is 12.1 Å². The Bertz CT molecular complexity index is 1130. The average molecular weight is 528 g/mol. The number of phenols is 1. The van der Waals surface area contributed by atoms with Crippen LogP contribution in [0.5, 0.6) is 5.75 Å². The van der Waals surface area contributed by atoms with Gasteiger partial charge in [0.05, 0.1) is 11.8 Å². The molecule has 206 valence electrons. The maximum Gasteiger partial charge on any atom is 0.404 e. The number of aliphatic hydroxyl groups excluding tert-OH is 1. The van der Waals surface area contributed by atoms with Crippen LogP contribution < -0.4 is 21.7 Å². The summed E-state index contributed by atoms with van der Waals surface area (Å²) in [6.45, 7) is 6.84. The quantitative estimate of drug-likeness (QED) is 0.181. The van der Waals surface area contributed by atoms with E-state index in [9.17, 15) is 24.6 Å². The Labute approximate surface area is 222 Å². The maximum absolute atomic E-state index is 12.6. The number of aliphatic hydroxyl groups is 1. The van der Waals surface area contributed by atoms with E-state index in [1.54, 1.807) is 6.07 Å². The van der Waals surface area contributed by atoms with E-state index >= 15 is 0 Å². The molecule has 1 atom stereocenters. The Hall–Kier alpha value is -3.67. The van der Waals surface area contributed by atoms with Crippen molar-refractivity contribution in [1.82, 2.24) is 10.2 Å². The van der Waals surface area contributed by atoms with E-state index in [4.69, 9.17) is 10.5 Å². The Morgan fingerprint density at radius 3 is 2.58 bits per heavy atom. The first-order valence-electron chi connectivity index (χ1n) is 12.7. The van der Waals surface area contributed by atoms with Crippen molar-refractivity contribution in [3.05, 3.63) is 52.6 Å². The molecule has 2 aromatic rings. The number of aryl methyl sites for hydroxylation is 2. The Morgan fingerprint density at radius 2 is 1.89 bits per heavy atom. The highest BCUT2D eigenvalue weighted by Gasteiger charge is 2.22. The molecule has 1 fully saturated rings. The Balaban J connectivity index is 1.46. The minimum atomic E-state index is -0.829. The van der Waals surface area contributed by atoms with Crippen LogP contribution in [0.4, 0.5) is 16.2 Å². The third-order valence-corrected chi connectivity index (χ3v) is 6.70. The molecule has 11 heteroatoms. The smallest absolute Gasteiger partial charge is 0.404 e. The van der Waals surface area contributed by atoms with Crippen molar-refractivity contribution in [2.24, 2.45) is 5.73 Å². The fourth-order valence-corrected chi connectivity index (χ4v) is 4.49. The van der Waals surface area contributed by atoms with Crippen LogP contribution in [-0.2, 0) is 20.9 Å². The van der Waals surface area contributed by atoms with Crippen molar-refractivity contribution in [2.45, 2.75) is 51.9 Å². The number of carbonyl (C=O) groups excluding carboxylic acids is 3. The van der Waals surface area contributed by atoms with E-state index < -0.39 is 12.2 Å². The van der Waals surface area contributed by atoms with Gasteiger partial charge >= 0.3 is 6.09 Å². The number of anilines is 2. The molecule has 1 heterocycles. The molecule has 2 aromatic carbocycles. The molecule has 0 bridgehead atoms. The summed E-state index contributed by atoms with van der Waals surface area (Å²) < 4.78 is 5.05. The lowest BCUT2D eigenvalue weighted by molar-refractivity contribution is -0.116. The summed E-state index contributed by atoms with van der Waals surface area (Å²) in [7, 11) is 0. The van der Waals surface area contributed by atoms with E-state index in [2.05, 4.69) is 20.9 Å². The van der Waals surface area contributed by atoms with Crippen LogP contribution in [0.2, 0.25) is 0 Å². The number of ether oxygens (including phenoxy) is 1. The van der Waals surface area contributed by atoms with Crippen molar-refractivity contribution in [3.63, 3.8) is 0 Å². The zero-order valence-corrected chi connectivity index (χ0v) is 21.8. The molecule has 0 spiro atoms. The van der Waals surface area contributed by atoms with Gasteiger partial charge in [-0.05, 0) is 67.1 Å². The zero-order valence-electron chi connectivity index (χ0n) is 21.8. The average Bonchev–Trinajstić information content (AvgIpc) is 2.87. The summed E-state index contributed by atoms with van der Waals surface area (Å²) in [6, 6.07) is 8.52. The number of aromatic hydroxyl groups is 1. The summed E-state index contributed by atoms with van der Waals surface area (Å²) in [5, 5.41) is 28.9. The number of likely N-dealkylation sites (tertiary alicyclic amines) is 1. The first-order valence-corrected chi connectivity index (χ1v) is 12.7. The number of carbonyl (C=O) groups is 3. The minimum Gasteiger partial charge on any atom is -0.506 e. The third kappa shape index (κ3) is 8.44. The molecule has 1 aliphatic heterocycles. The van der Waals surface area contributed by atoms with Gasteiger partial charge in [0, 0.05) is 44.8 Å². The Kier molecular flexibility index (Phi) is 10.5. The summed E-state index contributed by atoms with van der Waals surface area (Å²) in [4.78, 5) is 36.3. The first kappa shape index (κ1) is 28.9. The molecule has 3 amide bonds. The number of rotatable bonds is 12. The summed E-state index contributed by atoms with van der Waals surface area (Å²) in [6.07, 6.45) is 0.531. The van der Waals surface area contributed by atoms with Crippen LogP contribution in [0.15, 0.2) is 30.3 Å². The van der Waals surface area contributed by atoms with Crippen LogP contribution in [0.3, 0.4) is 0 Å². The molecular formula is C27H37N5O6. The van der Waals surface area contributed by atoms with Gasteiger partial charge in [0.15, 0.2) is 0 Å². The molecule has 1 unspecified atom stereocenters. The van der Waals surface area contributed by atoms with Gasteiger partial charge in [-0.3, -0.25) is 9.59 Å². The topological polar surface area (TPSA) is 166 Å². The molecule has 0 radical (unpaired) electrons. The standard InChI is InChI=1S/C27H37N5O6/c1-17-12-22(31-26(36)7-10-32-8-5-21(6-9-32)38-27(28)37)18(2)11-20(17)14-29-15-25(35)19-3-4-24(34)23(13-19)30-16-33/h3-4,11-13,16,21,25,29,34-35H,5-10,14-15H2,1-2H3,(H2,28,37)(H,30,33)(H,31,36). The van der Waals surface area contributed by atoms with Gasteiger partial charge < -0.3 is 41.5 Å². The number of primary amides is 1. The van der Waals surface area contributed by atoms with Gasteiger partial charge in [-0.15, -0.1) is 0 Å². The van der Waals surface area contributed by atoms with E-state index in [0.29, 0.717) is 44.3 Å². The van der Waals surface area contributed by atoms with Crippen LogP contribution in [0, 0.1) is 13.8 Å². The number of nitrogens with one attached hydrogen (secondary N) is 3. The predicted molar refractivity (Wildman–Crippen MR) is 144 cm³/mol. The SMILES string of the molecule is Cc1cc(NC(=O)CCN2CCC(OC(N)=O)CC2)c(C)cc1CNCC(O)c1ccc(O)c(NC=O)c1. The van der Waals surface area contributed by atoms with E-state index in [-0.39, 0.29) is 30.0 Å². The summed E-state index contributed by atoms with van der Waals surface area (Å²) >= 11 is 0. The van der Waals surface area contributed by atoms with Crippen LogP contribution in [0.1, 0.15) is 47.6 Å². The molecule has 3 rings (SSSR count). The van der Waals surface area contributed by atoms with Gasteiger partial charge in [-0.25, -0.2) is 4.79 Å². The van der Waals surface area contributed by atoms with Crippen LogP contribution in [0.25, 0.3) is 0 Å². The third-order valence-electron chi connectivity index (χ3n) is 6.70. The highest BCUT2D eigenvalue weighted by atomic mass is 16.6. The largest absolute Gasteiger partial charge is 0.506 e. The Morgan fingerprint density at radius 1 is 1.16 bits per heavy atom. The zero-order chi connectivity index (χ0) is 27.7. The summed E-state index contributed by atoms with van der Waals surface area (Å²) in [5.74, 6) is -0.134. The van der Waals surface area contributed by atoms with Gasteiger partial charge in [0.25, 0.3) is 0 Å². The molecular weight excluding hydrogens is 490 g/mol. The number of phenolic OH excluding ortho intramolecular Hbond substituents is 1. The maximum atomic E-state index is 12.6. The van der Waals surface area contributed by atoms with Gasteiger partial charge in [0.2, 0.25) is 12.3 Å². The van der Waals surface area contributed by atoms with Gasteiger partial charge in [0.1, 0.15) is 11.9 Å². The monoisotopic (exact) mass is 527 g/mol. The predicted octanol–water partition coefficient (Wildman–Crippen LogP) is 2.29. The van der Waals surface area contributed by atoms with E-state index in [1.807, 2.05) is 26.0 Å². The van der Waals surface area contributed by atoms with Crippen molar-refractivity contribution >= 4 is 29.8 Å². The molecule has 11 nitrogen and oxygen atoms in total. The molecule has 1 saturated heterocycles. The number of piperidine rings is 1.